The molecule has 2 aromatic rings. The van der Waals surface area contributed by atoms with E-state index in [0.717, 1.165) is 19.2 Å². The number of amides is 2. The Labute approximate surface area is 231 Å². The number of alkyl halides is 9. The van der Waals surface area contributed by atoms with E-state index in [2.05, 4.69) is 31.9 Å². The summed E-state index contributed by atoms with van der Waals surface area (Å²) in [5, 5.41) is 1.75. The van der Waals surface area contributed by atoms with Gasteiger partial charge in [0.05, 0.1) is 17.7 Å². The van der Waals surface area contributed by atoms with Gasteiger partial charge >= 0.3 is 18.5 Å². The van der Waals surface area contributed by atoms with Crippen molar-refractivity contribution in [2.75, 3.05) is 20.1 Å². The summed E-state index contributed by atoms with van der Waals surface area (Å²) >= 11 is 6.10. The van der Waals surface area contributed by atoms with Crippen molar-refractivity contribution in [2.24, 2.45) is 0 Å². The number of likely N-dealkylation sites (N-methyl/N-ethyl adjacent to an activating group) is 1. The van der Waals surface area contributed by atoms with Crippen LogP contribution in [0.5, 0.6) is 0 Å². The summed E-state index contributed by atoms with van der Waals surface area (Å²) in [5.41, 5.74) is -4.22. The molecule has 0 bridgehead atoms. The molecule has 16 heteroatoms. The molecule has 0 saturated heterocycles. The van der Waals surface area contributed by atoms with Crippen LogP contribution in [0.15, 0.2) is 51.4 Å². The van der Waals surface area contributed by atoms with Gasteiger partial charge in [0, 0.05) is 21.6 Å². The van der Waals surface area contributed by atoms with Crippen LogP contribution in [0.3, 0.4) is 0 Å². The Morgan fingerprint density at radius 3 is 2.08 bits per heavy atom. The zero-order valence-electron chi connectivity index (χ0n) is 19.3. The van der Waals surface area contributed by atoms with Gasteiger partial charge in [0.25, 0.3) is 5.91 Å². The third kappa shape index (κ3) is 9.22. The van der Waals surface area contributed by atoms with Gasteiger partial charge in [-0.25, -0.2) is 4.39 Å². The van der Waals surface area contributed by atoms with Crippen LogP contribution >= 0.6 is 31.9 Å². The number of nitrogens with zero attached hydrogens (tertiary/aromatic N) is 1. The number of nitrogens with one attached hydrogen (secondary N) is 1. The highest BCUT2D eigenvalue weighted by molar-refractivity contribution is 9.13. The van der Waals surface area contributed by atoms with Crippen LogP contribution in [0, 0.1) is 0 Å². The Balaban J connectivity index is 2.39. The molecule has 0 aliphatic heterocycles. The molecule has 0 aliphatic carbocycles. The minimum Gasteiger partial charge on any atom is -0.343 e. The fourth-order valence-corrected chi connectivity index (χ4v) is 3.84. The maximum Gasteiger partial charge on any atom is 0.417 e. The maximum absolute atomic E-state index is 14.9. The molecule has 2 aromatic carbocycles. The van der Waals surface area contributed by atoms with Gasteiger partial charge in [-0.15, -0.1) is 0 Å². The maximum atomic E-state index is 14.9. The number of benzene rings is 2. The van der Waals surface area contributed by atoms with E-state index in [-0.39, 0.29) is 21.5 Å². The van der Waals surface area contributed by atoms with Crippen LogP contribution < -0.4 is 5.32 Å². The minimum atomic E-state index is -5.29. The predicted octanol–water partition coefficient (Wildman–Crippen LogP) is 7.64. The summed E-state index contributed by atoms with van der Waals surface area (Å²) < 4.78 is 135. The summed E-state index contributed by atoms with van der Waals surface area (Å²) in [4.78, 5) is 24.2. The van der Waals surface area contributed by atoms with E-state index in [0.29, 0.717) is 16.6 Å². The van der Waals surface area contributed by atoms with E-state index in [4.69, 9.17) is 0 Å². The lowest BCUT2D eigenvalue weighted by atomic mass is 9.95. The summed E-state index contributed by atoms with van der Waals surface area (Å²) in [6, 6.07) is 4.56. The van der Waals surface area contributed by atoms with E-state index in [1.54, 1.807) is 5.32 Å². The molecule has 2 amide bonds. The normalized spacial score (nSPS) is 13.7. The smallest absolute Gasteiger partial charge is 0.343 e. The molecule has 39 heavy (non-hydrogen) atoms. The lowest BCUT2D eigenvalue weighted by Crippen LogP contribution is -2.42. The van der Waals surface area contributed by atoms with Crippen molar-refractivity contribution in [1.29, 1.82) is 0 Å². The van der Waals surface area contributed by atoms with E-state index in [1.165, 1.54) is 6.07 Å². The lowest BCUT2D eigenvalue weighted by molar-refractivity contribution is -0.157. The Kier molecular flexibility index (Phi) is 10.3. The van der Waals surface area contributed by atoms with Crippen molar-refractivity contribution in [3.8, 4) is 0 Å². The topological polar surface area (TPSA) is 49.4 Å². The second-order valence-corrected chi connectivity index (χ2v) is 9.72. The Hall–Kier alpha value is -2.62. The molecule has 1 atom stereocenters. The van der Waals surface area contributed by atoms with E-state index in [1.807, 2.05) is 0 Å². The predicted molar refractivity (Wildman–Crippen MR) is 127 cm³/mol. The number of hydrogen-bond acceptors (Lipinski definition) is 2. The molecule has 0 aromatic heterocycles. The molecule has 0 radical (unpaired) electrons. The summed E-state index contributed by atoms with van der Waals surface area (Å²) in [7, 11) is 0.758. The first kappa shape index (κ1) is 32.6. The number of rotatable bonds is 7. The van der Waals surface area contributed by atoms with Gasteiger partial charge in [-0.1, -0.05) is 12.1 Å². The summed E-state index contributed by atoms with van der Waals surface area (Å²) in [6.45, 7) is -2.76. The van der Waals surface area contributed by atoms with Gasteiger partial charge in [0.1, 0.15) is 18.3 Å². The molecule has 0 fully saturated rings. The molecule has 0 aliphatic rings. The van der Waals surface area contributed by atoms with Gasteiger partial charge < -0.3 is 10.2 Å². The Bertz CT molecular complexity index is 1260. The Morgan fingerprint density at radius 1 is 0.949 bits per heavy atom. The molecular weight excluding hydrogens is 686 g/mol. The molecule has 214 valence electrons. The highest BCUT2D eigenvalue weighted by Crippen LogP contribution is 2.41. The molecule has 0 spiro atoms. The molecule has 4 nitrogen and oxygen atoms in total. The van der Waals surface area contributed by atoms with Crippen molar-refractivity contribution in [3.63, 3.8) is 0 Å². The SMILES string of the molecule is CN(CC(F)(F)F)C(=O)CNC(=O)c1ccc(/C(F)=C/C(c2ccc(Br)c(Br)c2)C(F)(F)F)cc1C(F)(F)F. The lowest BCUT2D eigenvalue weighted by Gasteiger charge is -2.20. The molecule has 2 rings (SSSR count). The molecule has 0 heterocycles. The molecule has 1 N–H and O–H groups in total. The standard InChI is InChI=1S/C23H16Br2F10N2O2/c1-37(10-21(27,28)29)19(38)9-36-20(39)13-4-2-12(6-15(13)23(33,34)35)18(26)8-14(22(30,31)32)11-3-5-16(24)17(25)7-11/h2-8,14H,9-10H2,1H3,(H,36,39)/b18-8-. The number of hydrogen-bond donors (Lipinski definition) is 1. The quantitative estimate of drug-likeness (QED) is 0.302. The van der Waals surface area contributed by atoms with Crippen molar-refractivity contribution >= 4 is 49.5 Å². The molecule has 0 saturated carbocycles. The van der Waals surface area contributed by atoms with E-state index in [9.17, 15) is 53.5 Å². The zero-order valence-corrected chi connectivity index (χ0v) is 22.5. The van der Waals surface area contributed by atoms with Gasteiger partial charge in [-0.3, -0.25) is 9.59 Å². The number of carbonyl (C=O) groups is 2. The van der Waals surface area contributed by atoms with E-state index >= 15 is 0 Å². The minimum absolute atomic E-state index is 0.0834. The fraction of sp³-hybridized carbons (Fsp3) is 0.304. The average Bonchev–Trinajstić information content (AvgIpc) is 2.79. The van der Waals surface area contributed by atoms with Crippen molar-refractivity contribution in [1.82, 2.24) is 10.2 Å². The number of carbonyl (C=O) groups excluding carboxylic acids is 2. The highest BCUT2D eigenvalue weighted by atomic mass is 79.9. The van der Waals surface area contributed by atoms with Crippen LogP contribution in [-0.4, -0.2) is 49.2 Å². The van der Waals surface area contributed by atoms with Crippen LogP contribution in [0.25, 0.3) is 5.83 Å². The van der Waals surface area contributed by atoms with Crippen molar-refractivity contribution in [3.05, 3.63) is 73.7 Å². The van der Waals surface area contributed by atoms with Crippen molar-refractivity contribution in [2.45, 2.75) is 24.4 Å². The largest absolute Gasteiger partial charge is 0.417 e. The monoisotopic (exact) mass is 700 g/mol. The van der Waals surface area contributed by atoms with Gasteiger partial charge in [-0.05, 0) is 67.8 Å². The average molecular weight is 702 g/mol. The van der Waals surface area contributed by atoms with Crippen LogP contribution in [0.1, 0.15) is 33.0 Å². The molecular formula is C23H16Br2F10N2O2. The number of allylic oxidation sites excluding steroid dienone is 1. The third-order valence-corrected chi connectivity index (χ3v) is 6.94. The Morgan fingerprint density at radius 2 is 1.56 bits per heavy atom. The zero-order chi connectivity index (χ0) is 29.9. The highest BCUT2D eigenvalue weighted by Gasteiger charge is 2.41. The fourth-order valence-electron chi connectivity index (χ4n) is 3.20. The van der Waals surface area contributed by atoms with Crippen LogP contribution in [0.2, 0.25) is 0 Å². The van der Waals surface area contributed by atoms with Gasteiger partial charge in [-0.2, -0.15) is 39.5 Å². The van der Waals surface area contributed by atoms with Crippen LogP contribution in [0.4, 0.5) is 43.9 Å². The van der Waals surface area contributed by atoms with E-state index < -0.39 is 77.4 Å². The number of halogens is 12. The first-order chi connectivity index (χ1) is 17.7. The summed E-state index contributed by atoms with van der Waals surface area (Å²) in [6.07, 6.45) is -15.0. The van der Waals surface area contributed by atoms with Crippen molar-refractivity contribution < 1.29 is 53.5 Å². The molecule has 1 unspecified atom stereocenters. The second kappa shape index (κ2) is 12.3. The second-order valence-electron chi connectivity index (χ2n) is 8.01. The first-order valence-electron chi connectivity index (χ1n) is 10.4. The third-order valence-electron chi connectivity index (χ3n) is 5.06. The van der Waals surface area contributed by atoms with Gasteiger partial charge in [0.15, 0.2) is 0 Å². The van der Waals surface area contributed by atoms with Gasteiger partial charge in [0.2, 0.25) is 5.91 Å². The first-order valence-corrected chi connectivity index (χ1v) is 12.0. The van der Waals surface area contributed by atoms with Crippen LogP contribution in [-0.2, 0) is 11.0 Å². The summed E-state index contributed by atoms with van der Waals surface area (Å²) in [5.74, 6) is -7.01.